The van der Waals surface area contributed by atoms with Gasteiger partial charge in [-0.1, -0.05) is 20.8 Å². The number of hydrogen-bond acceptors (Lipinski definition) is 3. The molecule has 114 valence electrons. The minimum atomic E-state index is -5.74. The normalized spacial score (nSPS) is 29.3. The van der Waals surface area contributed by atoms with E-state index in [0.29, 0.717) is 0 Å². The van der Waals surface area contributed by atoms with E-state index in [-0.39, 0.29) is 0 Å². The average Bonchev–Trinajstić information content (AvgIpc) is 2.11. The lowest BCUT2D eigenvalue weighted by Gasteiger charge is -2.44. The molecule has 1 fully saturated rings. The van der Waals surface area contributed by atoms with Crippen LogP contribution in [-0.2, 0) is 19.7 Å². The van der Waals surface area contributed by atoms with Gasteiger partial charge >= 0.3 is 23.7 Å². The van der Waals surface area contributed by atoms with E-state index >= 15 is 0 Å². The molecule has 0 aromatic heterocycles. The van der Waals surface area contributed by atoms with E-state index in [4.69, 9.17) is 0 Å². The Labute approximate surface area is 108 Å². The molecule has 0 aromatic rings. The molecule has 0 N–H and O–H groups in total. The standard InChI is InChI=1S/C9H12F6O3S/c1-6(2,3)5-4-7(8(10,11)12,9(13,14)15)18-19(16)17-5/h5H,4H2,1-3H3/t5-,19+/m0/s1. The van der Waals surface area contributed by atoms with Gasteiger partial charge in [0.25, 0.3) is 5.60 Å². The number of alkyl halides is 6. The number of hydrogen-bond donors (Lipinski definition) is 0. The van der Waals surface area contributed by atoms with Gasteiger partial charge in [-0.25, -0.2) is 4.18 Å². The van der Waals surface area contributed by atoms with Crippen LogP contribution in [0, 0.1) is 5.41 Å². The highest BCUT2D eigenvalue weighted by atomic mass is 32.2. The molecule has 0 saturated carbocycles. The minimum Gasteiger partial charge on any atom is -0.264 e. The third-order valence-electron chi connectivity index (χ3n) is 2.76. The molecule has 19 heavy (non-hydrogen) atoms. The zero-order valence-electron chi connectivity index (χ0n) is 10.2. The second kappa shape index (κ2) is 4.59. The predicted octanol–water partition coefficient (Wildman–Crippen LogP) is 3.28. The zero-order valence-corrected chi connectivity index (χ0v) is 11.0. The third-order valence-corrected chi connectivity index (χ3v) is 3.57. The van der Waals surface area contributed by atoms with Crippen molar-refractivity contribution in [2.24, 2.45) is 5.41 Å². The van der Waals surface area contributed by atoms with Crippen molar-refractivity contribution in [1.82, 2.24) is 0 Å². The lowest BCUT2D eigenvalue weighted by molar-refractivity contribution is -0.370. The van der Waals surface area contributed by atoms with Gasteiger partial charge in [0, 0.05) is 6.42 Å². The molecule has 1 rings (SSSR count). The highest BCUT2D eigenvalue weighted by molar-refractivity contribution is 7.75. The molecule has 0 spiro atoms. The van der Waals surface area contributed by atoms with Gasteiger partial charge in [0.2, 0.25) is 0 Å². The van der Waals surface area contributed by atoms with Gasteiger partial charge in [0.1, 0.15) is 0 Å². The molecule has 0 unspecified atom stereocenters. The summed E-state index contributed by atoms with van der Waals surface area (Å²) in [6.07, 6.45) is -14.5. The maximum absolute atomic E-state index is 12.8. The summed E-state index contributed by atoms with van der Waals surface area (Å²) in [6, 6.07) is 0. The van der Waals surface area contributed by atoms with Crippen LogP contribution in [0.25, 0.3) is 0 Å². The topological polar surface area (TPSA) is 35.5 Å². The lowest BCUT2D eigenvalue weighted by atomic mass is 9.81. The van der Waals surface area contributed by atoms with E-state index in [1.165, 1.54) is 20.8 Å². The van der Waals surface area contributed by atoms with Crippen molar-refractivity contribution in [3.8, 4) is 0 Å². The smallest absolute Gasteiger partial charge is 0.264 e. The quantitative estimate of drug-likeness (QED) is 0.644. The fourth-order valence-electron chi connectivity index (χ4n) is 1.50. The van der Waals surface area contributed by atoms with Crippen molar-refractivity contribution in [3.63, 3.8) is 0 Å². The van der Waals surface area contributed by atoms with Crippen molar-refractivity contribution in [2.45, 2.75) is 51.2 Å². The minimum absolute atomic E-state index is 1.05. The first-order chi connectivity index (χ1) is 8.21. The maximum Gasteiger partial charge on any atom is 0.428 e. The SMILES string of the molecule is CC(C)(C)[C@@H]1CC(C(F)(F)F)(C(F)(F)F)O[S@](=O)O1. The molecular formula is C9H12F6O3S. The van der Waals surface area contributed by atoms with Crippen LogP contribution >= 0.6 is 0 Å². The molecule has 1 heterocycles. The average molecular weight is 314 g/mol. The fourth-order valence-corrected chi connectivity index (χ4v) is 2.57. The maximum atomic E-state index is 12.8. The third kappa shape index (κ3) is 3.05. The van der Waals surface area contributed by atoms with E-state index in [1.54, 1.807) is 0 Å². The first kappa shape index (κ1) is 16.7. The first-order valence-corrected chi connectivity index (χ1v) is 6.12. The molecule has 0 radical (unpaired) electrons. The Kier molecular flexibility index (Phi) is 4.04. The molecule has 10 heteroatoms. The Morgan fingerprint density at radius 1 is 1.05 bits per heavy atom. The molecule has 0 aromatic carbocycles. The summed E-state index contributed by atoms with van der Waals surface area (Å²) < 4.78 is 96.0. The first-order valence-electron chi connectivity index (χ1n) is 5.12. The van der Waals surface area contributed by atoms with Gasteiger partial charge in [-0.05, 0) is 5.41 Å². The predicted molar refractivity (Wildman–Crippen MR) is 53.0 cm³/mol. The molecule has 0 amide bonds. The zero-order chi connectivity index (χ0) is 15.3. The fraction of sp³-hybridized carbons (Fsp3) is 1.00. The van der Waals surface area contributed by atoms with Gasteiger partial charge in [-0.3, -0.25) is 4.18 Å². The highest BCUT2D eigenvalue weighted by Crippen LogP contribution is 2.53. The molecule has 1 saturated heterocycles. The largest absolute Gasteiger partial charge is 0.428 e. The lowest BCUT2D eigenvalue weighted by Crippen LogP contribution is -2.64. The summed E-state index contributed by atoms with van der Waals surface area (Å²) >= 11 is -3.12. The van der Waals surface area contributed by atoms with Gasteiger partial charge in [-0.15, -0.1) is 0 Å². The summed E-state index contributed by atoms with van der Waals surface area (Å²) in [5.41, 5.74) is -5.53. The van der Waals surface area contributed by atoms with Crippen LogP contribution in [0.4, 0.5) is 26.3 Å². The monoisotopic (exact) mass is 314 g/mol. The van der Waals surface area contributed by atoms with Crippen LogP contribution in [0.1, 0.15) is 27.2 Å². The molecule has 1 aliphatic rings. The Morgan fingerprint density at radius 3 is 1.79 bits per heavy atom. The van der Waals surface area contributed by atoms with Crippen LogP contribution in [0.2, 0.25) is 0 Å². The van der Waals surface area contributed by atoms with E-state index in [0.717, 1.165) is 0 Å². The van der Waals surface area contributed by atoms with E-state index in [1.807, 2.05) is 0 Å². The Hall–Kier alpha value is -0.350. The number of rotatable bonds is 0. The van der Waals surface area contributed by atoms with Crippen LogP contribution < -0.4 is 0 Å². The molecule has 0 bridgehead atoms. The van der Waals surface area contributed by atoms with Crippen LogP contribution in [-0.4, -0.2) is 28.3 Å². The van der Waals surface area contributed by atoms with Crippen molar-refractivity contribution >= 4 is 11.4 Å². The van der Waals surface area contributed by atoms with Crippen molar-refractivity contribution in [1.29, 1.82) is 0 Å². The Morgan fingerprint density at radius 2 is 1.47 bits per heavy atom. The van der Waals surface area contributed by atoms with Crippen molar-refractivity contribution < 1.29 is 38.9 Å². The van der Waals surface area contributed by atoms with Crippen LogP contribution in [0.3, 0.4) is 0 Å². The van der Waals surface area contributed by atoms with Gasteiger partial charge in [0.15, 0.2) is 0 Å². The van der Waals surface area contributed by atoms with E-state index in [9.17, 15) is 30.6 Å². The molecular weight excluding hydrogens is 302 g/mol. The summed E-state index contributed by atoms with van der Waals surface area (Å²) in [5, 5.41) is 0. The molecule has 0 aliphatic carbocycles. The highest BCUT2D eigenvalue weighted by Gasteiger charge is 2.76. The van der Waals surface area contributed by atoms with Crippen molar-refractivity contribution in [3.05, 3.63) is 0 Å². The number of halogens is 6. The molecule has 1 aliphatic heterocycles. The summed E-state index contributed by atoms with van der Waals surface area (Å²) in [7, 11) is 0. The summed E-state index contributed by atoms with van der Waals surface area (Å²) in [6.45, 7) is 4.16. The van der Waals surface area contributed by atoms with Crippen molar-refractivity contribution in [2.75, 3.05) is 0 Å². The van der Waals surface area contributed by atoms with E-state index < -0.39 is 47.3 Å². The van der Waals surface area contributed by atoms with Crippen LogP contribution in [0.15, 0.2) is 0 Å². The summed E-state index contributed by atoms with van der Waals surface area (Å²) in [5.74, 6) is 0. The summed E-state index contributed by atoms with van der Waals surface area (Å²) in [4.78, 5) is 0. The van der Waals surface area contributed by atoms with E-state index in [2.05, 4.69) is 8.37 Å². The molecule has 3 nitrogen and oxygen atoms in total. The van der Waals surface area contributed by atoms with Gasteiger partial charge in [-0.2, -0.15) is 30.6 Å². The second-order valence-corrected chi connectivity index (χ2v) is 6.03. The second-order valence-electron chi connectivity index (χ2n) is 5.27. The Bertz CT molecular complexity index is 356. The van der Waals surface area contributed by atoms with Gasteiger partial charge < -0.3 is 0 Å². The molecule has 2 atom stereocenters. The van der Waals surface area contributed by atoms with Gasteiger partial charge in [0.05, 0.1) is 6.10 Å². The Balaban J connectivity index is 3.29. The van der Waals surface area contributed by atoms with Crippen LogP contribution in [0.5, 0.6) is 0 Å².